The highest BCUT2D eigenvalue weighted by Gasteiger charge is 2.54. The van der Waals surface area contributed by atoms with Crippen LogP contribution in [0.15, 0.2) is 18.2 Å². The number of hydrogen-bond donors (Lipinski definition) is 1. The molecule has 2 heteroatoms. The van der Waals surface area contributed by atoms with E-state index in [4.69, 9.17) is 4.74 Å². The van der Waals surface area contributed by atoms with E-state index >= 15 is 0 Å². The van der Waals surface area contributed by atoms with E-state index in [2.05, 4.69) is 32.0 Å². The predicted octanol–water partition coefficient (Wildman–Crippen LogP) is 5.08. The molecule has 0 unspecified atom stereocenters. The molecule has 0 saturated heterocycles. The first-order valence-electron chi connectivity index (χ1n) is 10.1. The van der Waals surface area contributed by atoms with Crippen LogP contribution in [0.3, 0.4) is 0 Å². The Morgan fingerprint density at radius 3 is 2.92 bits per heavy atom. The Morgan fingerprint density at radius 1 is 1.21 bits per heavy atom. The van der Waals surface area contributed by atoms with E-state index < -0.39 is 0 Å². The fraction of sp³-hybridized carbons (Fsp3) is 0.727. The molecule has 0 bridgehead atoms. The highest BCUT2D eigenvalue weighted by atomic mass is 16.5. The van der Waals surface area contributed by atoms with Gasteiger partial charge in [0.05, 0.1) is 12.7 Å². The predicted molar refractivity (Wildman–Crippen MR) is 97.5 cm³/mol. The number of aliphatic hydroxyl groups excluding tert-OH is 1. The van der Waals surface area contributed by atoms with E-state index in [1.54, 1.807) is 5.56 Å². The Bertz CT molecular complexity index is 596. The van der Waals surface area contributed by atoms with Crippen molar-refractivity contribution in [2.45, 2.75) is 77.2 Å². The van der Waals surface area contributed by atoms with Gasteiger partial charge in [-0.2, -0.15) is 0 Å². The SMILES string of the molecule is CCCCOc1ccc2c(c1)CC[C@@H]1[C@@H]2CC[C@]2(C)[C@@H](O)CC[C@@H]12. The zero-order valence-corrected chi connectivity index (χ0v) is 15.3. The van der Waals surface area contributed by atoms with Crippen molar-refractivity contribution in [2.24, 2.45) is 17.3 Å². The van der Waals surface area contributed by atoms with Gasteiger partial charge in [0.1, 0.15) is 5.75 Å². The summed E-state index contributed by atoms with van der Waals surface area (Å²) < 4.78 is 5.91. The molecule has 2 fully saturated rings. The van der Waals surface area contributed by atoms with Crippen molar-refractivity contribution >= 4 is 0 Å². The summed E-state index contributed by atoms with van der Waals surface area (Å²) in [5.41, 5.74) is 3.28. The number of ether oxygens (including phenoxy) is 1. The number of fused-ring (bicyclic) bond motifs is 5. The molecule has 132 valence electrons. The van der Waals surface area contributed by atoms with Gasteiger partial charge in [-0.1, -0.05) is 26.3 Å². The second-order valence-corrected chi connectivity index (χ2v) is 8.62. The van der Waals surface area contributed by atoms with Crippen LogP contribution in [0.5, 0.6) is 5.75 Å². The molecule has 0 spiro atoms. The van der Waals surface area contributed by atoms with Gasteiger partial charge in [0.2, 0.25) is 0 Å². The van der Waals surface area contributed by atoms with Crippen molar-refractivity contribution in [2.75, 3.05) is 6.61 Å². The Balaban J connectivity index is 1.55. The second kappa shape index (κ2) is 6.37. The molecule has 1 N–H and O–H groups in total. The normalized spacial score (nSPS) is 37.5. The maximum atomic E-state index is 10.5. The van der Waals surface area contributed by atoms with Crippen LogP contribution in [0.25, 0.3) is 0 Å². The van der Waals surface area contributed by atoms with Crippen LogP contribution in [-0.2, 0) is 6.42 Å². The van der Waals surface area contributed by atoms with E-state index in [9.17, 15) is 5.11 Å². The molecule has 0 heterocycles. The first-order chi connectivity index (χ1) is 11.6. The van der Waals surface area contributed by atoms with Crippen LogP contribution < -0.4 is 4.74 Å². The Kier molecular flexibility index (Phi) is 4.36. The van der Waals surface area contributed by atoms with E-state index in [0.717, 1.165) is 37.0 Å². The van der Waals surface area contributed by atoms with Gasteiger partial charge in [-0.3, -0.25) is 0 Å². The van der Waals surface area contributed by atoms with E-state index in [-0.39, 0.29) is 11.5 Å². The molecule has 1 aromatic rings. The number of benzene rings is 1. The Labute approximate surface area is 146 Å². The third kappa shape index (κ3) is 2.58. The van der Waals surface area contributed by atoms with E-state index in [1.165, 1.54) is 44.1 Å². The Hall–Kier alpha value is -1.02. The molecule has 0 amide bonds. The lowest BCUT2D eigenvalue weighted by Crippen LogP contribution is -2.43. The Morgan fingerprint density at radius 2 is 2.08 bits per heavy atom. The average Bonchev–Trinajstić information content (AvgIpc) is 2.90. The fourth-order valence-electron chi connectivity index (χ4n) is 5.96. The molecule has 3 aliphatic carbocycles. The van der Waals surface area contributed by atoms with Crippen LogP contribution in [0.1, 0.15) is 75.8 Å². The summed E-state index contributed by atoms with van der Waals surface area (Å²) in [7, 11) is 0. The van der Waals surface area contributed by atoms with Gasteiger partial charge >= 0.3 is 0 Å². The largest absolute Gasteiger partial charge is 0.494 e. The van der Waals surface area contributed by atoms with Crippen molar-refractivity contribution in [3.63, 3.8) is 0 Å². The summed E-state index contributed by atoms with van der Waals surface area (Å²) in [5, 5.41) is 10.5. The molecule has 2 saturated carbocycles. The van der Waals surface area contributed by atoms with E-state index in [1.807, 2.05) is 0 Å². The topological polar surface area (TPSA) is 29.5 Å². The van der Waals surface area contributed by atoms with Crippen molar-refractivity contribution < 1.29 is 9.84 Å². The lowest BCUT2D eigenvalue weighted by Gasteiger charge is -2.50. The third-order valence-electron chi connectivity index (χ3n) is 7.41. The minimum atomic E-state index is -0.0702. The maximum Gasteiger partial charge on any atom is 0.119 e. The zero-order chi connectivity index (χ0) is 16.7. The highest BCUT2D eigenvalue weighted by Crippen LogP contribution is 2.60. The fourth-order valence-corrected chi connectivity index (χ4v) is 5.96. The second-order valence-electron chi connectivity index (χ2n) is 8.62. The molecule has 3 aliphatic rings. The summed E-state index contributed by atoms with van der Waals surface area (Å²) in [5.74, 6) is 3.26. The first-order valence-corrected chi connectivity index (χ1v) is 10.1. The monoisotopic (exact) mass is 328 g/mol. The van der Waals surface area contributed by atoms with Gasteiger partial charge in [-0.15, -0.1) is 0 Å². The number of aliphatic hydroxyl groups is 1. The molecule has 0 radical (unpaired) electrons. The van der Waals surface area contributed by atoms with Crippen molar-refractivity contribution in [1.82, 2.24) is 0 Å². The smallest absolute Gasteiger partial charge is 0.119 e. The van der Waals surface area contributed by atoms with Crippen LogP contribution in [-0.4, -0.2) is 17.8 Å². The van der Waals surface area contributed by atoms with E-state index in [0.29, 0.717) is 5.92 Å². The molecule has 4 rings (SSSR count). The standard InChI is InChI=1S/C22H32O2/c1-3-4-13-24-16-6-8-17-15(14-16)5-7-19-18(17)11-12-22(2)20(19)9-10-21(22)23/h6,8,14,18-21,23H,3-5,7,9-13H2,1-2H3/t18-,19-,20+,21+,22+/m1/s1. The average molecular weight is 328 g/mol. The van der Waals surface area contributed by atoms with Gasteiger partial charge < -0.3 is 9.84 Å². The number of unbranched alkanes of at least 4 members (excludes halogenated alkanes) is 1. The summed E-state index contributed by atoms with van der Waals surface area (Å²) in [6, 6.07) is 6.84. The van der Waals surface area contributed by atoms with Crippen LogP contribution in [0.4, 0.5) is 0 Å². The third-order valence-corrected chi connectivity index (χ3v) is 7.41. The molecule has 1 aromatic carbocycles. The van der Waals surface area contributed by atoms with Crippen molar-refractivity contribution in [1.29, 1.82) is 0 Å². The zero-order valence-electron chi connectivity index (χ0n) is 15.3. The summed E-state index contributed by atoms with van der Waals surface area (Å²) in [6.07, 6.45) is 9.40. The molecule has 5 atom stereocenters. The maximum absolute atomic E-state index is 10.5. The van der Waals surface area contributed by atoms with Crippen LogP contribution in [0.2, 0.25) is 0 Å². The lowest BCUT2D eigenvalue weighted by molar-refractivity contribution is -0.0226. The number of hydrogen-bond acceptors (Lipinski definition) is 2. The van der Waals surface area contributed by atoms with Gasteiger partial charge in [-0.25, -0.2) is 0 Å². The molecule has 0 aromatic heterocycles. The summed E-state index contributed by atoms with van der Waals surface area (Å²) in [4.78, 5) is 0. The summed E-state index contributed by atoms with van der Waals surface area (Å²) >= 11 is 0. The van der Waals surface area contributed by atoms with Gasteiger partial charge in [-0.05, 0) is 91.4 Å². The minimum Gasteiger partial charge on any atom is -0.494 e. The molecular weight excluding hydrogens is 296 g/mol. The molecular formula is C22H32O2. The van der Waals surface area contributed by atoms with Crippen LogP contribution >= 0.6 is 0 Å². The van der Waals surface area contributed by atoms with Gasteiger partial charge in [0.15, 0.2) is 0 Å². The highest BCUT2D eigenvalue weighted by molar-refractivity contribution is 5.40. The molecule has 24 heavy (non-hydrogen) atoms. The number of aryl methyl sites for hydroxylation is 1. The number of rotatable bonds is 4. The summed E-state index contributed by atoms with van der Waals surface area (Å²) in [6.45, 7) is 5.39. The quantitative estimate of drug-likeness (QED) is 0.781. The minimum absolute atomic E-state index is 0.0702. The van der Waals surface area contributed by atoms with Crippen molar-refractivity contribution in [3.05, 3.63) is 29.3 Å². The molecule has 2 nitrogen and oxygen atoms in total. The molecule has 0 aliphatic heterocycles. The van der Waals surface area contributed by atoms with Gasteiger partial charge in [0, 0.05) is 0 Å². The first kappa shape index (κ1) is 16.4. The lowest BCUT2D eigenvalue weighted by atomic mass is 9.55. The van der Waals surface area contributed by atoms with Crippen LogP contribution in [0, 0.1) is 17.3 Å². The van der Waals surface area contributed by atoms with Gasteiger partial charge in [0.25, 0.3) is 0 Å². The van der Waals surface area contributed by atoms with Crippen molar-refractivity contribution in [3.8, 4) is 5.75 Å².